The molecule has 1 aromatic carbocycles. The minimum absolute atomic E-state index is 0. The molecule has 1 rings (SSSR count). The summed E-state index contributed by atoms with van der Waals surface area (Å²) >= 11 is 5.94. The molecule has 0 heterocycles. The van der Waals surface area contributed by atoms with Crippen molar-refractivity contribution in [3.8, 4) is 5.75 Å². The van der Waals surface area contributed by atoms with E-state index in [-0.39, 0.29) is 30.1 Å². The molecule has 1 aromatic rings. The molecular formula is C16H27ClIN3O2. The summed E-state index contributed by atoms with van der Waals surface area (Å²) in [4.78, 5) is 4.53. The third-order valence-corrected chi connectivity index (χ3v) is 3.04. The molecule has 132 valence electrons. The topological polar surface area (TPSA) is 54.9 Å². The fourth-order valence-electron chi connectivity index (χ4n) is 1.79. The summed E-state index contributed by atoms with van der Waals surface area (Å²) in [6.07, 6.45) is 0.906. The lowest BCUT2D eigenvalue weighted by Gasteiger charge is -2.15. The quantitative estimate of drug-likeness (QED) is 0.260. The van der Waals surface area contributed by atoms with Crippen molar-refractivity contribution in [3.05, 3.63) is 29.3 Å². The van der Waals surface area contributed by atoms with Crippen LogP contribution < -0.4 is 15.4 Å². The van der Waals surface area contributed by atoms with E-state index >= 15 is 0 Å². The van der Waals surface area contributed by atoms with Gasteiger partial charge in [0.2, 0.25) is 0 Å². The standard InChI is InChI=1S/C16H26ClN3O2.HI/c1-4-18-16(19-9-6-10-21-3)20-12-13(2)22-15-8-5-7-14(17)11-15;/h5,7-8,11,13H,4,6,9-10,12H2,1-3H3,(H2,18,19,20);1H. The van der Waals surface area contributed by atoms with Gasteiger partial charge >= 0.3 is 0 Å². The van der Waals surface area contributed by atoms with Gasteiger partial charge in [0, 0.05) is 31.8 Å². The zero-order valence-corrected chi connectivity index (χ0v) is 17.1. The highest BCUT2D eigenvalue weighted by Crippen LogP contribution is 2.18. The van der Waals surface area contributed by atoms with Gasteiger partial charge in [0.1, 0.15) is 11.9 Å². The fourth-order valence-corrected chi connectivity index (χ4v) is 1.98. The minimum atomic E-state index is -0.0344. The van der Waals surface area contributed by atoms with Crippen LogP contribution in [0.2, 0.25) is 5.02 Å². The maximum atomic E-state index is 5.94. The Morgan fingerprint density at radius 1 is 1.35 bits per heavy atom. The molecule has 5 nitrogen and oxygen atoms in total. The zero-order valence-electron chi connectivity index (χ0n) is 14.0. The summed E-state index contributed by atoms with van der Waals surface area (Å²) < 4.78 is 10.8. The maximum Gasteiger partial charge on any atom is 0.191 e. The minimum Gasteiger partial charge on any atom is -0.489 e. The summed E-state index contributed by atoms with van der Waals surface area (Å²) in [7, 11) is 1.70. The van der Waals surface area contributed by atoms with Crippen molar-refractivity contribution in [2.75, 3.05) is 33.4 Å². The molecule has 0 aliphatic carbocycles. The smallest absolute Gasteiger partial charge is 0.191 e. The fraction of sp³-hybridized carbons (Fsp3) is 0.562. The molecule has 1 atom stereocenters. The number of halogens is 2. The monoisotopic (exact) mass is 455 g/mol. The van der Waals surface area contributed by atoms with Gasteiger partial charge in [-0.3, -0.25) is 0 Å². The van der Waals surface area contributed by atoms with Gasteiger partial charge in [-0.15, -0.1) is 24.0 Å². The average molecular weight is 456 g/mol. The highest BCUT2D eigenvalue weighted by Gasteiger charge is 2.05. The number of ether oxygens (including phenoxy) is 2. The molecule has 0 aliphatic heterocycles. The van der Waals surface area contributed by atoms with Gasteiger partial charge in [0.15, 0.2) is 5.96 Å². The first-order valence-corrected chi connectivity index (χ1v) is 7.96. The van der Waals surface area contributed by atoms with Crippen LogP contribution in [0.25, 0.3) is 0 Å². The maximum absolute atomic E-state index is 5.94. The first-order chi connectivity index (χ1) is 10.7. The van der Waals surface area contributed by atoms with Crippen LogP contribution in [0.4, 0.5) is 0 Å². The van der Waals surface area contributed by atoms with Gasteiger partial charge in [-0.25, -0.2) is 4.99 Å². The molecular weight excluding hydrogens is 429 g/mol. The van der Waals surface area contributed by atoms with Crippen LogP contribution in [0.3, 0.4) is 0 Å². The van der Waals surface area contributed by atoms with E-state index in [1.807, 2.05) is 32.0 Å². The molecule has 23 heavy (non-hydrogen) atoms. The van der Waals surface area contributed by atoms with E-state index < -0.39 is 0 Å². The third kappa shape index (κ3) is 10.6. The molecule has 1 unspecified atom stereocenters. The van der Waals surface area contributed by atoms with Crippen molar-refractivity contribution in [3.63, 3.8) is 0 Å². The van der Waals surface area contributed by atoms with Crippen LogP contribution in [0, 0.1) is 0 Å². The van der Waals surface area contributed by atoms with Crippen LogP contribution in [0.1, 0.15) is 20.3 Å². The van der Waals surface area contributed by atoms with Gasteiger partial charge < -0.3 is 20.1 Å². The number of hydrogen-bond donors (Lipinski definition) is 2. The Hall–Kier alpha value is -0.730. The Morgan fingerprint density at radius 2 is 2.13 bits per heavy atom. The van der Waals surface area contributed by atoms with Crippen molar-refractivity contribution < 1.29 is 9.47 Å². The molecule has 0 spiro atoms. The average Bonchev–Trinajstić information content (AvgIpc) is 2.49. The summed E-state index contributed by atoms with van der Waals surface area (Å²) in [5, 5.41) is 7.14. The normalized spacial score (nSPS) is 12.3. The van der Waals surface area contributed by atoms with Crippen LogP contribution in [-0.4, -0.2) is 45.4 Å². The molecule has 0 fully saturated rings. The van der Waals surface area contributed by atoms with Crippen LogP contribution in [0.5, 0.6) is 5.75 Å². The Balaban J connectivity index is 0.00000484. The third-order valence-electron chi connectivity index (χ3n) is 2.80. The predicted molar refractivity (Wildman–Crippen MR) is 107 cm³/mol. The van der Waals surface area contributed by atoms with Gasteiger partial charge in [0.05, 0.1) is 6.54 Å². The molecule has 0 amide bonds. The Morgan fingerprint density at radius 3 is 2.78 bits per heavy atom. The van der Waals surface area contributed by atoms with Gasteiger partial charge in [-0.1, -0.05) is 17.7 Å². The first-order valence-electron chi connectivity index (χ1n) is 7.59. The van der Waals surface area contributed by atoms with Crippen molar-refractivity contribution in [1.29, 1.82) is 0 Å². The number of hydrogen-bond acceptors (Lipinski definition) is 3. The summed E-state index contributed by atoms with van der Waals surface area (Å²) in [6.45, 7) is 6.97. The second-order valence-corrected chi connectivity index (χ2v) is 5.32. The molecule has 0 aromatic heterocycles. The zero-order chi connectivity index (χ0) is 16.2. The van der Waals surface area contributed by atoms with Crippen LogP contribution in [-0.2, 0) is 4.74 Å². The summed E-state index contributed by atoms with van der Waals surface area (Å²) in [5.41, 5.74) is 0. The number of rotatable bonds is 9. The number of guanidine groups is 1. The second-order valence-electron chi connectivity index (χ2n) is 4.88. The summed E-state index contributed by atoms with van der Waals surface area (Å²) in [6, 6.07) is 7.38. The Kier molecular flexibility index (Phi) is 13.3. The Labute approximate surface area is 161 Å². The van der Waals surface area contributed by atoms with Gasteiger partial charge in [-0.2, -0.15) is 0 Å². The highest BCUT2D eigenvalue weighted by molar-refractivity contribution is 14.0. The summed E-state index contributed by atoms with van der Waals surface area (Å²) in [5.74, 6) is 1.55. The number of nitrogens with one attached hydrogen (secondary N) is 2. The molecule has 0 saturated carbocycles. The first kappa shape index (κ1) is 22.3. The van der Waals surface area contributed by atoms with Crippen LogP contribution in [0.15, 0.2) is 29.3 Å². The number of nitrogens with zero attached hydrogens (tertiary/aromatic N) is 1. The Bertz CT molecular complexity index is 461. The predicted octanol–water partition coefficient (Wildman–Crippen LogP) is 3.32. The van der Waals surface area contributed by atoms with Crippen molar-refractivity contribution >= 4 is 41.5 Å². The van der Waals surface area contributed by atoms with E-state index in [0.717, 1.165) is 37.8 Å². The molecule has 0 saturated heterocycles. The van der Waals surface area contributed by atoms with E-state index in [2.05, 4.69) is 15.6 Å². The lowest BCUT2D eigenvalue weighted by atomic mass is 10.3. The molecule has 0 radical (unpaired) electrons. The van der Waals surface area contributed by atoms with E-state index in [0.29, 0.717) is 11.6 Å². The van der Waals surface area contributed by atoms with Gasteiger partial charge in [-0.05, 0) is 38.5 Å². The van der Waals surface area contributed by atoms with Gasteiger partial charge in [0.25, 0.3) is 0 Å². The lowest BCUT2D eigenvalue weighted by Crippen LogP contribution is -2.38. The lowest BCUT2D eigenvalue weighted by molar-refractivity contribution is 0.195. The second kappa shape index (κ2) is 13.7. The molecule has 0 bridgehead atoms. The van der Waals surface area contributed by atoms with E-state index in [4.69, 9.17) is 21.1 Å². The van der Waals surface area contributed by atoms with Crippen molar-refractivity contribution in [2.45, 2.75) is 26.4 Å². The van der Waals surface area contributed by atoms with Crippen molar-refractivity contribution in [1.82, 2.24) is 10.6 Å². The SMILES string of the molecule is CCNC(=NCC(C)Oc1cccc(Cl)c1)NCCCOC.I. The number of benzene rings is 1. The largest absolute Gasteiger partial charge is 0.489 e. The number of methoxy groups -OCH3 is 1. The highest BCUT2D eigenvalue weighted by atomic mass is 127. The van der Waals surface area contributed by atoms with E-state index in [1.165, 1.54) is 0 Å². The molecule has 2 N–H and O–H groups in total. The molecule has 0 aliphatic rings. The van der Waals surface area contributed by atoms with Crippen LogP contribution >= 0.6 is 35.6 Å². The van der Waals surface area contributed by atoms with Crippen molar-refractivity contribution in [2.24, 2.45) is 4.99 Å². The molecule has 7 heteroatoms. The van der Waals surface area contributed by atoms with E-state index in [1.54, 1.807) is 13.2 Å². The number of aliphatic imine (C=N–C) groups is 1. The van der Waals surface area contributed by atoms with E-state index in [9.17, 15) is 0 Å².